The first-order valence-electron chi connectivity index (χ1n) is 6.74. The molecule has 2 N–H and O–H groups in total. The summed E-state index contributed by atoms with van der Waals surface area (Å²) < 4.78 is 0. The third-order valence-electron chi connectivity index (χ3n) is 3.74. The normalized spacial score (nSPS) is 23.2. The van der Waals surface area contributed by atoms with Crippen molar-refractivity contribution in [2.75, 3.05) is 26.2 Å². The summed E-state index contributed by atoms with van der Waals surface area (Å²) in [5.74, 6) is 0. The van der Waals surface area contributed by atoms with Crippen LogP contribution in [0.2, 0.25) is 0 Å². The number of nitrogens with zero attached hydrogens (tertiary/aromatic N) is 1. The van der Waals surface area contributed by atoms with Gasteiger partial charge in [-0.3, -0.25) is 0 Å². The highest BCUT2D eigenvalue weighted by Gasteiger charge is 2.27. The molecule has 1 fully saturated rings. The Bertz CT molecular complexity index is 190. The smallest absolute Gasteiger partial charge is 0.0610 e. The van der Waals surface area contributed by atoms with Gasteiger partial charge in [0.15, 0.2) is 0 Å². The number of piperidine rings is 1. The van der Waals surface area contributed by atoms with Crippen molar-refractivity contribution >= 4 is 0 Å². The van der Waals surface area contributed by atoms with Crippen molar-refractivity contribution in [2.45, 2.75) is 58.0 Å². The van der Waals surface area contributed by atoms with Gasteiger partial charge in [-0.05, 0) is 45.8 Å². The van der Waals surface area contributed by atoms with Crippen molar-refractivity contribution in [1.82, 2.24) is 10.2 Å². The lowest BCUT2D eigenvalue weighted by Crippen LogP contribution is -2.54. The van der Waals surface area contributed by atoms with E-state index in [1.165, 1.54) is 32.5 Å². The zero-order valence-corrected chi connectivity index (χ0v) is 11.1. The van der Waals surface area contributed by atoms with Gasteiger partial charge in [0.05, 0.1) is 6.61 Å². The molecular formula is C13H28N2O. The minimum Gasteiger partial charge on any atom is -0.394 e. The standard InChI is InChI=1S/C13H28N2O/c1-4-8-13(3,11-16)14-12-6-9-15(5-2)10-7-12/h12,14,16H,4-11H2,1-3H3. The Morgan fingerprint density at radius 1 is 1.31 bits per heavy atom. The maximum absolute atomic E-state index is 9.47. The molecule has 1 heterocycles. The van der Waals surface area contributed by atoms with Gasteiger partial charge in [-0.15, -0.1) is 0 Å². The van der Waals surface area contributed by atoms with Crippen LogP contribution in [0, 0.1) is 0 Å². The lowest BCUT2D eigenvalue weighted by atomic mass is 9.93. The molecule has 3 heteroatoms. The molecule has 16 heavy (non-hydrogen) atoms. The molecule has 1 aliphatic rings. The molecule has 0 saturated carbocycles. The molecule has 1 saturated heterocycles. The Morgan fingerprint density at radius 3 is 2.38 bits per heavy atom. The van der Waals surface area contributed by atoms with E-state index in [1.807, 2.05) is 0 Å². The summed E-state index contributed by atoms with van der Waals surface area (Å²) in [4.78, 5) is 2.49. The zero-order valence-electron chi connectivity index (χ0n) is 11.1. The average Bonchev–Trinajstić information content (AvgIpc) is 2.30. The first-order valence-corrected chi connectivity index (χ1v) is 6.74. The number of hydrogen-bond donors (Lipinski definition) is 2. The Labute approximate surface area is 100 Å². The number of aliphatic hydroxyl groups excluding tert-OH is 1. The molecule has 0 radical (unpaired) electrons. The number of hydrogen-bond acceptors (Lipinski definition) is 3. The molecular weight excluding hydrogens is 200 g/mol. The fourth-order valence-corrected chi connectivity index (χ4v) is 2.63. The van der Waals surface area contributed by atoms with Crippen molar-refractivity contribution in [3.05, 3.63) is 0 Å². The molecule has 1 unspecified atom stereocenters. The van der Waals surface area contributed by atoms with Crippen LogP contribution in [0.5, 0.6) is 0 Å². The number of likely N-dealkylation sites (tertiary alicyclic amines) is 1. The average molecular weight is 228 g/mol. The summed E-state index contributed by atoms with van der Waals surface area (Å²) in [7, 11) is 0. The van der Waals surface area contributed by atoms with Crippen LogP contribution in [0.15, 0.2) is 0 Å². The van der Waals surface area contributed by atoms with E-state index < -0.39 is 0 Å². The molecule has 0 spiro atoms. The molecule has 0 amide bonds. The molecule has 0 bridgehead atoms. The van der Waals surface area contributed by atoms with E-state index in [9.17, 15) is 5.11 Å². The first kappa shape index (κ1) is 13.9. The Kier molecular flexibility index (Phi) is 5.73. The second-order valence-corrected chi connectivity index (χ2v) is 5.32. The van der Waals surface area contributed by atoms with Gasteiger partial charge in [0, 0.05) is 11.6 Å². The Morgan fingerprint density at radius 2 is 1.94 bits per heavy atom. The maximum atomic E-state index is 9.47. The van der Waals surface area contributed by atoms with Gasteiger partial charge in [0.25, 0.3) is 0 Å². The van der Waals surface area contributed by atoms with Gasteiger partial charge in [-0.2, -0.15) is 0 Å². The third-order valence-corrected chi connectivity index (χ3v) is 3.74. The van der Waals surface area contributed by atoms with Gasteiger partial charge >= 0.3 is 0 Å². The minimum absolute atomic E-state index is 0.0756. The highest BCUT2D eigenvalue weighted by molar-refractivity contribution is 4.88. The lowest BCUT2D eigenvalue weighted by Gasteiger charge is -2.38. The zero-order chi connectivity index (χ0) is 12.0. The van der Waals surface area contributed by atoms with Crippen LogP contribution in [0.1, 0.15) is 46.5 Å². The van der Waals surface area contributed by atoms with Gasteiger partial charge in [-0.25, -0.2) is 0 Å². The van der Waals surface area contributed by atoms with Crippen molar-refractivity contribution in [2.24, 2.45) is 0 Å². The van der Waals surface area contributed by atoms with E-state index in [1.54, 1.807) is 0 Å². The molecule has 1 atom stereocenters. The number of nitrogens with one attached hydrogen (secondary N) is 1. The third kappa shape index (κ3) is 4.04. The molecule has 1 aliphatic heterocycles. The highest BCUT2D eigenvalue weighted by Crippen LogP contribution is 2.17. The number of rotatable bonds is 6. The summed E-state index contributed by atoms with van der Waals surface area (Å²) in [6, 6.07) is 0.589. The highest BCUT2D eigenvalue weighted by atomic mass is 16.3. The second kappa shape index (κ2) is 6.58. The molecule has 0 aliphatic carbocycles. The van der Waals surface area contributed by atoms with Crippen LogP contribution >= 0.6 is 0 Å². The molecule has 0 aromatic rings. The molecule has 3 nitrogen and oxygen atoms in total. The van der Waals surface area contributed by atoms with E-state index in [0.717, 1.165) is 12.8 Å². The van der Waals surface area contributed by atoms with Crippen LogP contribution in [0.25, 0.3) is 0 Å². The topological polar surface area (TPSA) is 35.5 Å². The van der Waals surface area contributed by atoms with Crippen molar-refractivity contribution in [3.63, 3.8) is 0 Å². The van der Waals surface area contributed by atoms with Gasteiger partial charge in [0.1, 0.15) is 0 Å². The molecule has 0 aromatic carbocycles. The number of aliphatic hydroxyl groups is 1. The summed E-state index contributed by atoms with van der Waals surface area (Å²) in [6.07, 6.45) is 4.61. The predicted molar refractivity (Wildman–Crippen MR) is 68.7 cm³/mol. The SMILES string of the molecule is CCCC(C)(CO)NC1CCN(CC)CC1. The fraction of sp³-hybridized carbons (Fsp3) is 1.00. The quantitative estimate of drug-likeness (QED) is 0.725. The summed E-state index contributed by atoms with van der Waals surface area (Å²) in [6.45, 7) is 10.3. The molecule has 96 valence electrons. The predicted octanol–water partition coefficient (Wildman–Crippen LogP) is 1.61. The molecule has 1 rings (SSSR count). The monoisotopic (exact) mass is 228 g/mol. The van der Waals surface area contributed by atoms with Crippen LogP contribution in [0.3, 0.4) is 0 Å². The van der Waals surface area contributed by atoms with Crippen molar-refractivity contribution < 1.29 is 5.11 Å². The van der Waals surface area contributed by atoms with Crippen LogP contribution in [-0.2, 0) is 0 Å². The van der Waals surface area contributed by atoms with Gasteiger partial charge in [-0.1, -0.05) is 20.3 Å². The second-order valence-electron chi connectivity index (χ2n) is 5.32. The van der Waals surface area contributed by atoms with Gasteiger partial charge in [0.2, 0.25) is 0 Å². The van der Waals surface area contributed by atoms with E-state index in [0.29, 0.717) is 6.04 Å². The minimum atomic E-state index is -0.0756. The van der Waals surface area contributed by atoms with Crippen LogP contribution < -0.4 is 5.32 Å². The van der Waals surface area contributed by atoms with Gasteiger partial charge < -0.3 is 15.3 Å². The summed E-state index contributed by atoms with van der Waals surface area (Å²) in [5, 5.41) is 13.1. The van der Waals surface area contributed by atoms with E-state index in [4.69, 9.17) is 0 Å². The largest absolute Gasteiger partial charge is 0.394 e. The summed E-state index contributed by atoms with van der Waals surface area (Å²) in [5.41, 5.74) is -0.0756. The van der Waals surface area contributed by atoms with E-state index in [-0.39, 0.29) is 12.1 Å². The van der Waals surface area contributed by atoms with Crippen LogP contribution in [-0.4, -0.2) is 47.8 Å². The maximum Gasteiger partial charge on any atom is 0.0610 e. The molecule has 0 aromatic heterocycles. The van der Waals surface area contributed by atoms with Crippen molar-refractivity contribution in [3.8, 4) is 0 Å². The van der Waals surface area contributed by atoms with Crippen molar-refractivity contribution in [1.29, 1.82) is 0 Å². The van der Waals surface area contributed by atoms with E-state index in [2.05, 4.69) is 31.0 Å². The lowest BCUT2D eigenvalue weighted by molar-refractivity contribution is 0.124. The Hall–Kier alpha value is -0.120. The fourth-order valence-electron chi connectivity index (χ4n) is 2.63. The summed E-state index contributed by atoms with van der Waals surface area (Å²) >= 11 is 0. The van der Waals surface area contributed by atoms with E-state index >= 15 is 0 Å². The van der Waals surface area contributed by atoms with Crippen LogP contribution in [0.4, 0.5) is 0 Å². The first-order chi connectivity index (χ1) is 7.63. The Balaban J connectivity index is 2.36.